The third-order valence-electron chi connectivity index (χ3n) is 12.5. The number of hydrogen-bond acceptors (Lipinski definition) is 5. The van der Waals surface area contributed by atoms with E-state index in [4.69, 9.17) is 14.7 Å². The molecule has 1 N–H and O–H groups in total. The van der Waals surface area contributed by atoms with Gasteiger partial charge in [-0.25, -0.2) is 0 Å². The summed E-state index contributed by atoms with van der Waals surface area (Å²) < 4.78 is 12.2. The molecule has 298 valence electrons. The molecule has 0 saturated carbocycles. The lowest BCUT2D eigenvalue weighted by molar-refractivity contribution is 0.491. The fourth-order valence-corrected chi connectivity index (χ4v) is 11.7. The third-order valence-corrected chi connectivity index (χ3v) is 14.8. The highest BCUT2D eigenvalue weighted by atomic mass is 32.1. The molecule has 0 fully saturated rings. The van der Waals surface area contributed by atoms with Gasteiger partial charge in [-0.15, -0.1) is 22.7 Å². The number of amidine groups is 1. The molecule has 0 aliphatic carbocycles. The van der Waals surface area contributed by atoms with E-state index in [1.54, 1.807) is 0 Å². The van der Waals surface area contributed by atoms with Crippen molar-refractivity contribution in [1.82, 2.24) is 5.32 Å². The second-order valence-corrected chi connectivity index (χ2v) is 18.4. The standard InChI is InChI=1S/C57H36N3OS2/c1-3-12-34(13-4-1)35-22-24-37(25-23-35)56-58-55(36-14-5-2-6-15-36)59-57(60-56)45-18-11-19-48-53(45)47-31-40(38-26-28-43-41-16-7-9-20-49(41)62-51(43)32-38)30-46(54(47)61-48)39-27-29-44-42-17-8-10-21-50(42)63-52(44)33-39/h1-33,56-57,60H/q-1. The van der Waals surface area contributed by atoms with Crippen LogP contribution in [0.1, 0.15) is 29.0 Å². The van der Waals surface area contributed by atoms with Crippen molar-refractivity contribution in [3.05, 3.63) is 222 Å². The maximum atomic E-state index is 7.03. The molecule has 1 aliphatic rings. The van der Waals surface area contributed by atoms with E-state index in [1.807, 2.05) is 40.9 Å². The highest BCUT2D eigenvalue weighted by Crippen LogP contribution is 2.46. The minimum absolute atomic E-state index is 0.326. The highest BCUT2D eigenvalue weighted by Gasteiger charge is 2.24. The number of hydrogen-bond donors (Lipinski definition) is 1. The monoisotopic (exact) mass is 842 g/mol. The van der Waals surface area contributed by atoms with Crippen molar-refractivity contribution >= 4 is 90.8 Å². The van der Waals surface area contributed by atoms with Gasteiger partial charge in [-0.3, -0.25) is 0 Å². The van der Waals surface area contributed by atoms with Gasteiger partial charge in [0.1, 0.15) is 11.2 Å². The molecule has 0 radical (unpaired) electrons. The van der Waals surface area contributed by atoms with Gasteiger partial charge in [0.25, 0.3) is 0 Å². The molecule has 2 atom stereocenters. The summed E-state index contributed by atoms with van der Waals surface area (Å²) in [5.41, 5.74) is 11.7. The predicted molar refractivity (Wildman–Crippen MR) is 267 cm³/mol. The second kappa shape index (κ2) is 14.6. The summed E-state index contributed by atoms with van der Waals surface area (Å²) in [6.07, 6.45) is -0.731. The van der Waals surface area contributed by atoms with Crippen LogP contribution in [-0.4, -0.2) is 5.84 Å². The highest BCUT2D eigenvalue weighted by molar-refractivity contribution is 7.26. The molecular formula is C57H36N3OS2-. The summed E-state index contributed by atoms with van der Waals surface area (Å²) in [5.74, 6) is 0.718. The van der Waals surface area contributed by atoms with E-state index in [2.05, 4.69) is 187 Å². The zero-order chi connectivity index (χ0) is 41.4. The molecule has 63 heavy (non-hydrogen) atoms. The van der Waals surface area contributed by atoms with Crippen LogP contribution >= 0.6 is 22.7 Å². The second-order valence-electron chi connectivity index (χ2n) is 16.2. The van der Waals surface area contributed by atoms with Gasteiger partial charge in [0, 0.05) is 69.0 Å². The Balaban J connectivity index is 1.00. The van der Waals surface area contributed by atoms with E-state index in [0.717, 1.165) is 61.2 Å². The van der Waals surface area contributed by atoms with E-state index in [1.165, 1.54) is 57.0 Å². The fraction of sp³-hybridized carbons (Fsp3) is 0.0351. The van der Waals surface area contributed by atoms with Crippen LogP contribution in [0.3, 0.4) is 0 Å². The van der Waals surface area contributed by atoms with E-state index < -0.39 is 6.17 Å². The van der Waals surface area contributed by atoms with Gasteiger partial charge in [-0.1, -0.05) is 164 Å². The van der Waals surface area contributed by atoms with Gasteiger partial charge in [-0.2, -0.15) is 0 Å². The smallest absolute Gasteiger partial charge is 0.143 e. The molecular weight excluding hydrogens is 807 g/mol. The first-order chi connectivity index (χ1) is 31.2. The molecule has 0 bridgehead atoms. The average Bonchev–Trinajstić information content (AvgIpc) is 4.05. The Kier molecular flexibility index (Phi) is 8.44. The molecule has 13 rings (SSSR count). The minimum atomic E-state index is -0.405. The van der Waals surface area contributed by atoms with Crippen LogP contribution in [0.5, 0.6) is 0 Å². The van der Waals surface area contributed by atoms with Gasteiger partial charge in [-0.05, 0) is 87.0 Å². The Morgan fingerprint density at radius 1 is 0.444 bits per heavy atom. The Morgan fingerprint density at radius 2 is 1.03 bits per heavy atom. The lowest BCUT2D eigenvalue weighted by atomic mass is 9.93. The normalized spacial score (nSPS) is 15.5. The predicted octanol–water partition coefficient (Wildman–Crippen LogP) is 16.4. The Labute approximate surface area is 371 Å². The summed E-state index contributed by atoms with van der Waals surface area (Å²) in [6, 6.07) is 71.8. The van der Waals surface area contributed by atoms with Crippen LogP contribution in [0.15, 0.2) is 210 Å². The largest absolute Gasteiger partial charge is 0.455 e. The molecule has 0 spiro atoms. The Hall–Kier alpha value is -7.35. The average molecular weight is 843 g/mol. The van der Waals surface area contributed by atoms with Crippen molar-refractivity contribution in [1.29, 1.82) is 0 Å². The first-order valence-electron chi connectivity index (χ1n) is 21.3. The van der Waals surface area contributed by atoms with Crippen LogP contribution < -0.4 is 5.32 Å². The van der Waals surface area contributed by atoms with Crippen molar-refractivity contribution < 1.29 is 4.42 Å². The van der Waals surface area contributed by atoms with Crippen molar-refractivity contribution in [2.45, 2.75) is 12.3 Å². The van der Waals surface area contributed by atoms with Crippen LogP contribution in [0.25, 0.3) is 101 Å². The topological polar surface area (TPSA) is 51.6 Å². The molecule has 0 saturated heterocycles. The van der Waals surface area contributed by atoms with Crippen molar-refractivity contribution in [2.24, 2.45) is 4.99 Å². The number of furan rings is 1. The van der Waals surface area contributed by atoms with Gasteiger partial charge < -0.3 is 20.0 Å². The van der Waals surface area contributed by atoms with E-state index in [0.29, 0.717) is 0 Å². The van der Waals surface area contributed by atoms with E-state index in [9.17, 15) is 0 Å². The maximum absolute atomic E-state index is 7.03. The molecule has 4 nitrogen and oxygen atoms in total. The van der Waals surface area contributed by atoms with Crippen molar-refractivity contribution in [3.63, 3.8) is 0 Å². The van der Waals surface area contributed by atoms with Crippen LogP contribution in [0, 0.1) is 0 Å². The number of thiophene rings is 2. The number of aliphatic imine (C=N–C) groups is 1. The van der Waals surface area contributed by atoms with Gasteiger partial charge in [0.2, 0.25) is 0 Å². The van der Waals surface area contributed by atoms with Crippen molar-refractivity contribution in [2.75, 3.05) is 0 Å². The van der Waals surface area contributed by atoms with Crippen LogP contribution in [-0.2, 0) is 0 Å². The number of fused-ring (bicyclic) bond motifs is 9. The lowest BCUT2D eigenvalue weighted by Crippen LogP contribution is -2.31. The Morgan fingerprint density at radius 3 is 1.75 bits per heavy atom. The number of rotatable bonds is 6. The fourth-order valence-electron chi connectivity index (χ4n) is 9.42. The lowest BCUT2D eigenvalue weighted by Gasteiger charge is -2.40. The molecule has 3 aromatic heterocycles. The molecule has 9 aromatic carbocycles. The molecule has 6 heteroatoms. The summed E-state index contributed by atoms with van der Waals surface area (Å²) in [5, 5.41) is 16.4. The van der Waals surface area contributed by atoms with Crippen molar-refractivity contribution in [3.8, 4) is 33.4 Å². The molecule has 4 heterocycles. The van der Waals surface area contributed by atoms with E-state index in [-0.39, 0.29) is 6.17 Å². The number of benzene rings is 9. The van der Waals surface area contributed by atoms with Gasteiger partial charge in [0.15, 0.2) is 0 Å². The molecule has 12 aromatic rings. The summed E-state index contributed by atoms with van der Waals surface area (Å²) >= 11 is 3.69. The van der Waals surface area contributed by atoms with Crippen LogP contribution in [0.4, 0.5) is 0 Å². The zero-order valence-corrected chi connectivity index (χ0v) is 35.5. The third kappa shape index (κ3) is 6.17. The van der Waals surface area contributed by atoms with E-state index >= 15 is 0 Å². The van der Waals surface area contributed by atoms with Gasteiger partial charge in [0.05, 0.1) is 0 Å². The first kappa shape index (κ1) is 36.3. The minimum Gasteiger partial charge on any atom is -0.455 e. The molecule has 0 amide bonds. The Bertz CT molecular complexity index is 3750. The first-order valence-corrected chi connectivity index (χ1v) is 22.9. The maximum Gasteiger partial charge on any atom is 0.143 e. The quantitative estimate of drug-likeness (QED) is 0.181. The summed E-state index contributed by atoms with van der Waals surface area (Å²) in [6.45, 7) is 0. The molecule has 1 aliphatic heterocycles. The summed E-state index contributed by atoms with van der Waals surface area (Å²) in [7, 11) is 0. The number of nitrogens with zero attached hydrogens (tertiary/aromatic N) is 2. The number of nitrogens with one attached hydrogen (secondary N) is 1. The zero-order valence-electron chi connectivity index (χ0n) is 33.8. The summed E-state index contributed by atoms with van der Waals surface area (Å²) in [4.78, 5) is 5.37. The van der Waals surface area contributed by atoms with Gasteiger partial charge >= 0.3 is 0 Å². The SMILES string of the molecule is c1ccc(C2=NC(c3cccc4oc5c(-c6ccc7c(c6)sc6ccccc67)cc(-c6ccc7c(c6)sc6ccccc67)cc5c34)NC(c3ccc(-c4ccccc4)cc3)[N-]2)cc1. The van der Waals surface area contributed by atoms with Crippen LogP contribution in [0.2, 0.25) is 0 Å². The molecule has 2 unspecified atom stereocenters.